The molecule has 114 valence electrons. The topological polar surface area (TPSA) is 35.6 Å². The summed E-state index contributed by atoms with van der Waals surface area (Å²) in [5, 5.41) is 3.15. The van der Waals surface area contributed by atoms with Crippen LogP contribution in [0.5, 0.6) is 0 Å². The van der Waals surface area contributed by atoms with Crippen LogP contribution in [0.4, 0.5) is 0 Å². The van der Waals surface area contributed by atoms with E-state index in [1.165, 1.54) is 31.4 Å². The first-order valence-electron chi connectivity index (χ1n) is 8.06. The highest BCUT2D eigenvalue weighted by atomic mass is 16.2. The van der Waals surface area contributed by atoms with E-state index in [1.807, 2.05) is 14.1 Å². The van der Waals surface area contributed by atoms with Crippen molar-refractivity contribution in [2.45, 2.75) is 51.0 Å². The van der Waals surface area contributed by atoms with E-state index >= 15 is 0 Å². The summed E-state index contributed by atoms with van der Waals surface area (Å²) in [6, 6.07) is 0.498. The van der Waals surface area contributed by atoms with Crippen LogP contribution < -0.4 is 5.32 Å². The van der Waals surface area contributed by atoms with Gasteiger partial charge in [0.15, 0.2) is 0 Å². The maximum atomic E-state index is 12.6. The minimum Gasteiger partial charge on any atom is -0.320 e. The number of rotatable bonds is 8. The number of amides is 1. The van der Waals surface area contributed by atoms with E-state index in [-0.39, 0.29) is 0 Å². The summed E-state index contributed by atoms with van der Waals surface area (Å²) in [7, 11) is 4.02. The molecule has 0 aliphatic heterocycles. The number of hydrogen-bond acceptors (Lipinski definition) is 3. The zero-order valence-electron chi connectivity index (χ0n) is 13.0. The van der Waals surface area contributed by atoms with E-state index < -0.39 is 0 Å². The van der Waals surface area contributed by atoms with E-state index in [1.54, 1.807) is 0 Å². The number of allylic oxidation sites excluding steroid dienone is 2. The van der Waals surface area contributed by atoms with Gasteiger partial charge in [-0.2, -0.15) is 0 Å². The monoisotopic (exact) mass is 279 g/mol. The van der Waals surface area contributed by atoms with Crippen LogP contribution in [0.1, 0.15) is 44.9 Å². The third-order valence-electron chi connectivity index (χ3n) is 4.13. The lowest BCUT2D eigenvalue weighted by Gasteiger charge is -2.29. The molecule has 0 heterocycles. The molecule has 2 aliphatic rings. The highest BCUT2D eigenvalue weighted by Crippen LogP contribution is 2.33. The molecular weight excluding hydrogens is 250 g/mol. The van der Waals surface area contributed by atoms with Gasteiger partial charge in [0.25, 0.3) is 0 Å². The van der Waals surface area contributed by atoms with Crippen LogP contribution in [0.15, 0.2) is 11.8 Å². The fourth-order valence-corrected chi connectivity index (χ4v) is 2.88. The van der Waals surface area contributed by atoms with E-state index in [2.05, 4.69) is 21.2 Å². The summed E-state index contributed by atoms with van der Waals surface area (Å²) in [5.41, 5.74) is 1.30. The van der Waals surface area contributed by atoms with Crippen molar-refractivity contribution >= 4 is 5.91 Å². The smallest absolute Gasteiger partial charge is 0.241 e. The average Bonchev–Trinajstić information content (AvgIpc) is 3.25. The molecule has 0 radical (unpaired) electrons. The molecule has 1 N–H and O–H groups in total. The zero-order valence-corrected chi connectivity index (χ0v) is 13.0. The van der Waals surface area contributed by atoms with Crippen molar-refractivity contribution in [1.29, 1.82) is 0 Å². The second-order valence-electron chi connectivity index (χ2n) is 6.13. The molecule has 0 aromatic carbocycles. The molecule has 2 aliphatic carbocycles. The summed E-state index contributed by atoms with van der Waals surface area (Å²) in [6.07, 6.45) is 10.5. The van der Waals surface area contributed by atoms with Crippen LogP contribution in [0.3, 0.4) is 0 Å². The maximum Gasteiger partial charge on any atom is 0.241 e. The number of carbonyl (C=O) groups excluding carboxylic acids is 1. The van der Waals surface area contributed by atoms with Gasteiger partial charge in [-0.3, -0.25) is 9.69 Å². The van der Waals surface area contributed by atoms with Gasteiger partial charge in [0.05, 0.1) is 6.54 Å². The summed E-state index contributed by atoms with van der Waals surface area (Å²) in [4.78, 5) is 16.9. The van der Waals surface area contributed by atoms with Crippen molar-refractivity contribution in [3.8, 4) is 0 Å². The lowest BCUT2D eigenvalue weighted by atomic mass is 10.0. The first-order chi connectivity index (χ1) is 9.72. The summed E-state index contributed by atoms with van der Waals surface area (Å²) in [6.45, 7) is 2.54. The highest BCUT2D eigenvalue weighted by molar-refractivity contribution is 5.80. The lowest BCUT2D eigenvalue weighted by molar-refractivity contribution is -0.130. The van der Waals surface area contributed by atoms with E-state index in [4.69, 9.17) is 0 Å². The van der Waals surface area contributed by atoms with Gasteiger partial charge in [-0.05, 0) is 72.1 Å². The molecule has 0 aromatic rings. The third-order valence-corrected chi connectivity index (χ3v) is 4.13. The average molecular weight is 279 g/mol. The normalized spacial score (nSPS) is 19.1. The van der Waals surface area contributed by atoms with Crippen LogP contribution in [0.25, 0.3) is 0 Å². The molecule has 0 bridgehead atoms. The van der Waals surface area contributed by atoms with Crippen molar-refractivity contribution < 1.29 is 4.79 Å². The molecule has 0 spiro atoms. The second kappa shape index (κ2) is 7.79. The quantitative estimate of drug-likeness (QED) is 0.690. The molecule has 1 fully saturated rings. The first-order valence-corrected chi connectivity index (χ1v) is 8.06. The van der Waals surface area contributed by atoms with Gasteiger partial charge in [0, 0.05) is 11.7 Å². The Labute approximate surface area is 123 Å². The number of nitrogens with zero attached hydrogens (tertiary/aromatic N) is 2. The molecule has 1 amide bonds. The molecule has 0 aromatic heterocycles. The Morgan fingerprint density at radius 2 is 2.20 bits per heavy atom. The molecule has 2 rings (SSSR count). The molecule has 4 heteroatoms. The van der Waals surface area contributed by atoms with Crippen molar-refractivity contribution in [2.75, 3.05) is 33.7 Å². The minimum atomic E-state index is 0.299. The van der Waals surface area contributed by atoms with E-state index in [0.717, 1.165) is 32.4 Å². The number of carbonyl (C=O) groups is 1. The van der Waals surface area contributed by atoms with Gasteiger partial charge < -0.3 is 10.2 Å². The van der Waals surface area contributed by atoms with Crippen molar-refractivity contribution in [1.82, 2.24) is 15.1 Å². The number of likely N-dealkylation sites (N-methyl/N-ethyl adjacent to an activating group) is 1. The molecule has 20 heavy (non-hydrogen) atoms. The third kappa shape index (κ3) is 4.60. The predicted octanol–water partition coefficient (Wildman–Crippen LogP) is 1.98. The first kappa shape index (κ1) is 15.5. The molecule has 0 atom stereocenters. The minimum absolute atomic E-state index is 0.299. The molecule has 0 saturated heterocycles. The van der Waals surface area contributed by atoms with Gasteiger partial charge in [-0.25, -0.2) is 0 Å². The van der Waals surface area contributed by atoms with Crippen LogP contribution in [-0.2, 0) is 4.79 Å². The van der Waals surface area contributed by atoms with Gasteiger partial charge in [0.1, 0.15) is 0 Å². The van der Waals surface area contributed by atoms with Crippen LogP contribution >= 0.6 is 0 Å². The molecule has 0 unspecified atom stereocenters. The van der Waals surface area contributed by atoms with E-state index in [9.17, 15) is 4.79 Å². The van der Waals surface area contributed by atoms with Crippen molar-refractivity contribution in [3.63, 3.8) is 0 Å². The van der Waals surface area contributed by atoms with Gasteiger partial charge in [-0.1, -0.05) is 6.08 Å². The van der Waals surface area contributed by atoms with Crippen LogP contribution in [-0.4, -0.2) is 55.5 Å². The second-order valence-corrected chi connectivity index (χ2v) is 6.13. The van der Waals surface area contributed by atoms with Gasteiger partial charge in [0.2, 0.25) is 5.91 Å². The summed E-state index contributed by atoms with van der Waals surface area (Å²) < 4.78 is 0. The Balaban J connectivity index is 1.85. The van der Waals surface area contributed by atoms with Gasteiger partial charge in [-0.15, -0.1) is 0 Å². The molecular formula is C16H29N3O. The van der Waals surface area contributed by atoms with Crippen LogP contribution in [0.2, 0.25) is 0 Å². The molecule has 4 nitrogen and oxygen atoms in total. The Morgan fingerprint density at radius 1 is 1.40 bits per heavy atom. The zero-order chi connectivity index (χ0) is 14.4. The largest absolute Gasteiger partial charge is 0.320 e. The summed E-state index contributed by atoms with van der Waals surface area (Å²) >= 11 is 0. The maximum absolute atomic E-state index is 12.6. The highest BCUT2D eigenvalue weighted by Gasteiger charge is 2.35. The number of hydrogen-bond donors (Lipinski definition) is 1. The Morgan fingerprint density at radius 3 is 2.80 bits per heavy atom. The fraction of sp³-hybridized carbons (Fsp3) is 0.812. The van der Waals surface area contributed by atoms with Gasteiger partial charge >= 0.3 is 0 Å². The fourth-order valence-electron chi connectivity index (χ4n) is 2.88. The van der Waals surface area contributed by atoms with Crippen LogP contribution in [0, 0.1) is 0 Å². The Kier molecular flexibility index (Phi) is 6.05. The van der Waals surface area contributed by atoms with Crippen molar-refractivity contribution in [2.24, 2.45) is 0 Å². The van der Waals surface area contributed by atoms with Crippen molar-refractivity contribution in [3.05, 3.63) is 11.8 Å². The Bertz CT molecular complexity index is 350. The SMILES string of the molecule is CNCCCN(C)CC(=O)N(C1=CCCCC1)C1CC1. The number of nitrogens with one attached hydrogen (secondary N) is 1. The lowest BCUT2D eigenvalue weighted by Crippen LogP contribution is -2.40. The molecule has 1 saturated carbocycles. The standard InChI is InChI=1S/C16H29N3O/c1-17-11-6-12-18(2)13-16(20)19(15-9-10-15)14-7-4-3-5-8-14/h7,15,17H,3-6,8-13H2,1-2H3. The van der Waals surface area contributed by atoms with E-state index in [0.29, 0.717) is 18.5 Å². The summed E-state index contributed by atoms with van der Waals surface area (Å²) in [5.74, 6) is 0.299. The Hall–Kier alpha value is -0.870. The predicted molar refractivity (Wildman–Crippen MR) is 82.5 cm³/mol.